The number of hydrogen-bond acceptors (Lipinski definition) is 2. The van der Waals surface area contributed by atoms with E-state index in [0.717, 1.165) is 24.8 Å². The van der Waals surface area contributed by atoms with Crippen LogP contribution in [0.1, 0.15) is 38.2 Å². The fraction of sp³-hybridized carbons (Fsp3) is 0.533. The fourth-order valence-electron chi connectivity index (χ4n) is 2.13. The molecule has 0 heterocycles. The highest BCUT2D eigenvalue weighted by molar-refractivity contribution is 5.77. The number of carbonyl (C=O) groups is 1. The zero-order valence-corrected chi connectivity index (χ0v) is 11.3. The predicted octanol–water partition coefficient (Wildman–Crippen LogP) is 2.44. The number of benzene rings is 1. The van der Waals surface area contributed by atoms with Crippen LogP contribution in [-0.2, 0) is 11.3 Å². The minimum Gasteiger partial charge on any atom is -0.335 e. The average molecular weight is 264 g/mol. The normalized spacial score (nSPS) is 16.2. The summed E-state index contributed by atoms with van der Waals surface area (Å²) in [7, 11) is 0. The molecule has 1 atom stereocenters. The van der Waals surface area contributed by atoms with Crippen molar-refractivity contribution in [3.63, 3.8) is 0 Å². The molecule has 1 fully saturated rings. The Bertz CT molecular complexity index is 446. The Labute approximate surface area is 113 Å². The van der Waals surface area contributed by atoms with E-state index in [-0.39, 0.29) is 17.8 Å². The Hall–Kier alpha value is -1.42. The van der Waals surface area contributed by atoms with E-state index in [1.54, 1.807) is 6.07 Å². The van der Waals surface area contributed by atoms with Crippen molar-refractivity contribution in [1.29, 1.82) is 0 Å². The van der Waals surface area contributed by atoms with Gasteiger partial charge in [-0.05, 0) is 37.0 Å². The molecule has 1 saturated carbocycles. The van der Waals surface area contributed by atoms with Crippen LogP contribution in [-0.4, -0.2) is 22.9 Å². The van der Waals surface area contributed by atoms with Gasteiger partial charge in [0.1, 0.15) is 5.82 Å². The summed E-state index contributed by atoms with van der Waals surface area (Å²) >= 11 is 0. The first-order valence-electron chi connectivity index (χ1n) is 6.89. The molecule has 2 N–H and O–H groups in total. The standard InChI is InChI=1S/C15H21FN2O/c1-2-13(17)9-15(19)18(14-6-7-14)10-11-4-3-5-12(16)8-11/h3-5,8,13-14H,2,6-7,9-10,17H2,1H3. The lowest BCUT2D eigenvalue weighted by molar-refractivity contribution is -0.132. The van der Waals surface area contributed by atoms with Gasteiger partial charge in [0.2, 0.25) is 5.91 Å². The lowest BCUT2D eigenvalue weighted by atomic mass is 10.1. The van der Waals surface area contributed by atoms with Crippen LogP contribution in [0, 0.1) is 5.82 Å². The lowest BCUT2D eigenvalue weighted by Gasteiger charge is -2.24. The Morgan fingerprint density at radius 3 is 2.84 bits per heavy atom. The number of carbonyl (C=O) groups excluding carboxylic acids is 1. The Morgan fingerprint density at radius 1 is 1.53 bits per heavy atom. The highest BCUT2D eigenvalue weighted by atomic mass is 19.1. The summed E-state index contributed by atoms with van der Waals surface area (Å²) in [5.74, 6) is -0.174. The molecule has 0 saturated heterocycles. The Morgan fingerprint density at radius 2 is 2.26 bits per heavy atom. The summed E-state index contributed by atoms with van der Waals surface area (Å²) in [6, 6.07) is 6.67. The third-order valence-corrected chi connectivity index (χ3v) is 3.51. The molecular formula is C15H21FN2O. The number of halogens is 1. The molecule has 0 radical (unpaired) electrons. The van der Waals surface area contributed by atoms with Crippen LogP contribution < -0.4 is 5.73 Å². The molecule has 19 heavy (non-hydrogen) atoms. The van der Waals surface area contributed by atoms with E-state index in [1.807, 2.05) is 17.9 Å². The molecule has 1 aliphatic carbocycles. The van der Waals surface area contributed by atoms with Gasteiger partial charge in [0.25, 0.3) is 0 Å². The SMILES string of the molecule is CCC(N)CC(=O)N(Cc1cccc(F)c1)C1CC1. The maximum atomic E-state index is 13.2. The number of nitrogens with zero attached hydrogens (tertiary/aromatic N) is 1. The highest BCUT2D eigenvalue weighted by Crippen LogP contribution is 2.29. The van der Waals surface area contributed by atoms with Crippen molar-refractivity contribution in [3.8, 4) is 0 Å². The fourth-order valence-corrected chi connectivity index (χ4v) is 2.13. The zero-order chi connectivity index (χ0) is 13.8. The van der Waals surface area contributed by atoms with Gasteiger partial charge in [-0.15, -0.1) is 0 Å². The molecule has 4 heteroatoms. The lowest BCUT2D eigenvalue weighted by Crippen LogP contribution is -2.36. The summed E-state index contributed by atoms with van der Waals surface area (Å²) in [6.07, 6.45) is 3.26. The Balaban J connectivity index is 2.02. The first-order chi connectivity index (χ1) is 9.10. The third kappa shape index (κ3) is 4.03. The van der Waals surface area contributed by atoms with Crippen LogP contribution in [0.25, 0.3) is 0 Å². The third-order valence-electron chi connectivity index (χ3n) is 3.51. The van der Waals surface area contributed by atoms with Gasteiger partial charge in [0.05, 0.1) is 0 Å². The number of hydrogen-bond donors (Lipinski definition) is 1. The van der Waals surface area contributed by atoms with E-state index in [2.05, 4.69) is 0 Å². The minimum atomic E-state index is -0.258. The molecule has 1 amide bonds. The van der Waals surface area contributed by atoms with Gasteiger partial charge in [0.15, 0.2) is 0 Å². The zero-order valence-electron chi connectivity index (χ0n) is 11.3. The van der Waals surface area contributed by atoms with Crippen molar-refractivity contribution < 1.29 is 9.18 Å². The highest BCUT2D eigenvalue weighted by Gasteiger charge is 2.32. The maximum absolute atomic E-state index is 13.2. The molecule has 2 rings (SSSR count). The average Bonchev–Trinajstić information content (AvgIpc) is 3.20. The second-order valence-corrected chi connectivity index (χ2v) is 5.26. The molecule has 0 aliphatic heterocycles. The first kappa shape index (κ1) is 14.0. The van der Waals surface area contributed by atoms with Crippen molar-refractivity contribution in [3.05, 3.63) is 35.6 Å². The molecule has 1 unspecified atom stereocenters. The number of nitrogens with two attached hydrogens (primary N) is 1. The topological polar surface area (TPSA) is 46.3 Å². The van der Waals surface area contributed by atoms with E-state index in [9.17, 15) is 9.18 Å². The monoisotopic (exact) mass is 264 g/mol. The van der Waals surface area contributed by atoms with Gasteiger partial charge in [-0.25, -0.2) is 4.39 Å². The van der Waals surface area contributed by atoms with Crippen molar-refractivity contribution in [2.24, 2.45) is 5.73 Å². The van der Waals surface area contributed by atoms with Crippen molar-refractivity contribution in [2.75, 3.05) is 0 Å². The van der Waals surface area contributed by atoms with E-state index >= 15 is 0 Å². The van der Waals surface area contributed by atoms with Crippen molar-refractivity contribution >= 4 is 5.91 Å². The minimum absolute atomic E-state index is 0.0822. The van der Waals surface area contributed by atoms with Gasteiger partial charge in [-0.2, -0.15) is 0 Å². The second-order valence-electron chi connectivity index (χ2n) is 5.26. The van der Waals surface area contributed by atoms with Crippen LogP contribution in [0.2, 0.25) is 0 Å². The summed E-state index contributed by atoms with van der Waals surface area (Å²) in [5.41, 5.74) is 6.68. The quantitative estimate of drug-likeness (QED) is 0.857. The molecular weight excluding hydrogens is 243 g/mol. The summed E-state index contributed by atoms with van der Waals surface area (Å²) in [6.45, 7) is 2.46. The van der Waals surface area contributed by atoms with E-state index in [4.69, 9.17) is 5.73 Å². The summed E-state index contributed by atoms with van der Waals surface area (Å²) in [4.78, 5) is 14.1. The number of rotatable bonds is 6. The van der Waals surface area contributed by atoms with Crippen molar-refractivity contribution in [2.45, 2.75) is 51.2 Å². The van der Waals surface area contributed by atoms with Gasteiger partial charge < -0.3 is 10.6 Å². The van der Waals surface area contributed by atoms with Gasteiger partial charge in [-0.3, -0.25) is 4.79 Å². The molecule has 1 aliphatic rings. The largest absolute Gasteiger partial charge is 0.335 e. The van der Waals surface area contributed by atoms with E-state index < -0.39 is 0 Å². The second kappa shape index (κ2) is 6.15. The van der Waals surface area contributed by atoms with Crippen LogP contribution in [0.4, 0.5) is 4.39 Å². The summed E-state index contributed by atoms with van der Waals surface area (Å²) in [5, 5.41) is 0. The first-order valence-corrected chi connectivity index (χ1v) is 6.89. The molecule has 0 bridgehead atoms. The van der Waals surface area contributed by atoms with E-state index in [1.165, 1.54) is 12.1 Å². The molecule has 1 aromatic carbocycles. The van der Waals surface area contributed by atoms with Crippen LogP contribution in [0.3, 0.4) is 0 Å². The Kier molecular flexibility index (Phi) is 4.53. The van der Waals surface area contributed by atoms with Gasteiger partial charge in [-0.1, -0.05) is 19.1 Å². The molecule has 0 aromatic heterocycles. The van der Waals surface area contributed by atoms with Gasteiger partial charge >= 0.3 is 0 Å². The maximum Gasteiger partial charge on any atom is 0.224 e. The van der Waals surface area contributed by atoms with Crippen LogP contribution in [0.15, 0.2) is 24.3 Å². The molecule has 1 aromatic rings. The molecule has 104 valence electrons. The smallest absolute Gasteiger partial charge is 0.224 e. The van der Waals surface area contributed by atoms with E-state index in [0.29, 0.717) is 19.0 Å². The number of amides is 1. The molecule has 3 nitrogen and oxygen atoms in total. The van der Waals surface area contributed by atoms with Crippen LogP contribution >= 0.6 is 0 Å². The predicted molar refractivity (Wildman–Crippen MR) is 72.9 cm³/mol. The van der Waals surface area contributed by atoms with Crippen molar-refractivity contribution in [1.82, 2.24) is 4.90 Å². The van der Waals surface area contributed by atoms with Gasteiger partial charge in [0, 0.05) is 25.0 Å². The summed E-state index contributed by atoms with van der Waals surface area (Å²) < 4.78 is 13.2. The molecule has 0 spiro atoms. The van der Waals surface area contributed by atoms with Crippen LogP contribution in [0.5, 0.6) is 0 Å².